The molecule has 0 saturated carbocycles. The predicted molar refractivity (Wildman–Crippen MR) is 65.6 cm³/mol. The summed E-state index contributed by atoms with van der Waals surface area (Å²) in [6.07, 6.45) is -0.637. The average Bonchev–Trinajstić information content (AvgIpc) is 2.36. The minimum absolute atomic E-state index is 0.0897. The van der Waals surface area contributed by atoms with E-state index in [0.717, 1.165) is 0 Å². The lowest BCUT2D eigenvalue weighted by molar-refractivity contribution is -0.141. The molecule has 0 aromatic carbocycles. The van der Waals surface area contributed by atoms with Crippen molar-refractivity contribution >= 4 is 17.9 Å². The highest BCUT2D eigenvalue weighted by atomic mass is 16.5. The Hall–Kier alpha value is -1.83. The van der Waals surface area contributed by atoms with Gasteiger partial charge in [0.25, 0.3) is 0 Å². The topological polar surface area (TPSA) is 108 Å². The lowest BCUT2D eigenvalue weighted by Gasteiger charge is -2.32. The summed E-state index contributed by atoms with van der Waals surface area (Å²) >= 11 is 0. The van der Waals surface area contributed by atoms with E-state index in [1.165, 1.54) is 4.90 Å². The second kappa shape index (κ2) is 7.57. The number of carbonyl (C=O) groups is 3. The molecule has 0 spiro atoms. The van der Waals surface area contributed by atoms with E-state index in [0.29, 0.717) is 19.7 Å². The van der Waals surface area contributed by atoms with Gasteiger partial charge in [-0.05, 0) is 6.92 Å². The number of urea groups is 1. The standard InChI is InChI=1S/C11H19N3O5/c1-2-12-9(15)6-13-11(18)14-3-4-19-8(7-14)5-10(16)17/h8H,2-7H2,1H3,(H,12,15)(H,13,18)(H,16,17). The quantitative estimate of drug-likeness (QED) is 0.596. The van der Waals surface area contributed by atoms with E-state index in [4.69, 9.17) is 9.84 Å². The van der Waals surface area contributed by atoms with Crippen molar-refractivity contribution in [3.8, 4) is 0 Å². The maximum atomic E-state index is 11.8. The van der Waals surface area contributed by atoms with Crippen LogP contribution in [0.2, 0.25) is 0 Å². The Bertz CT molecular complexity index is 347. The van der Waals surface area contributed by atoms with Crippen LogP contribution in [0.15, 0.2) is 0 Å². The van der Waals surface area contributed by atoms with Crippen molar-refractivity contribution in [1.29, 1.82) is 0 Å². The first kappa shape index (κ1) is 15.2. The van der Waals surface area contributed by atoms with Gasteiger partial charge < -0.3 is 25.4 Å². The van der Waals surface area contributed by atoms with Gasteiger partial charge in [0.1, 0.15) is 0 Å². The Kier molecular flexibility index (Phi) is 6.07. The molecule has 108 valence electrons. The highest BCUT2D eigenvalue weighted by Crippen LogP contribution is 2.08. The number of nitrogens with zero attached hydrogens (tertiary/aromatic N) is 1. The molecule has 1 fully saturated rings. The molecule has 3 N–H and O–H groups in total. The molecule has 0 bridgehead atoms. The van der Waals surface area contributed by atoms with E-state index < -0.39 is 12.1 Å². The van der Waals surface area contributed by atoms with Crippen LogP contribution in [0.5, 0.6) is 0 Å². The van der Waals surface area contributed by atoms with Crippen molar-refractivity contribution in [1.82, 2.24) is 15.5 Å². The number of hydrogen-bond acceptors (Lipinski definition) is 4. The molecule has 0 radical (unpaired) electrons. The van der Waals surface area contributed by atoms with E-state index in [2.05, 4.69) is 10.6 Å². The third-order valence-corrected chi connectivity index (χ3v) is 2.60. The van der Waals surface area contributed by atoms with Crippen LogP contribution in [0.1, 0.15) is 13.3 Å². The van der Waals surface area contributed by atoms with Crippen LogP contribution in [-0.4, -0.2) is 66.8 Å². The van der Waals surface area contributed by atoms with Gasteiger partial charge in [0.05, 0.1) is 25.7 Å². The number of amides is 3. The van der Waals surface area contributed by atoms with Crippen molar-refractivity contribution in [3.05, 3.63) is 0 Å². The van der Waals surface area contributed by atoms with E-state index in [-0.39, 0.29) is 31.4 Å². The number of likely N-dealkylation sites (N-methyl/N-ethyl adjacent to an activating group) is 1. The van der Waals surface area contributed by atoms with E-state index in [1.807, 2.05) is 0 Å². The van der Waals surface area contributed by atoms with Crippen LogP contribution >= 0.6 is 0 Å². The molecule has 3 amide bonds. The molecular weight excluding hydrogens is 254 g/mol. The smallest absolute Gasteiger partial charge is 0.318 e. The Balaban J connectivity index is 2.35. The number of carbonyl (C=O) groups excluding carboxylic acids is 2. The van der Waals surface area contributed by atoms with E-state index in [1.54, 1.807) is 6.92 Å². The summed E-state index contributed by atoms with van der Waals surface area (Å²) in [5.41, 5.74) is 0. The Morgan fingerprint density at radius 3 is 2.74 bits per heavy atom. The molecule has 1 heterocycles. The summed E-state index contributed by atoms with van der Waals surface area (Å²) in [7, 11) is 0. The molecule has 1 aliphatic heterocycles. The fraction of sp³-hybridized carbons (Fsp3) is 0.727. The van der Waals surface area contributed by atoms with Crippen LogP contribution in [0.3, 0.4) is 0 Å². The summed E-state index contributed by atoms with van der Waals surface area (Å²) in [5.74, 6) is -1.22. The molecule has 0 aromatic heterocycles. The zero-order chi connectivity index (χ0) is 14.3. The molecule has 8 heteroatoms. The number of morpholine rings is 1. The fourth-order valence-corrected chi connectivity index (χ4v) is 1.75. The van der Waals surface area contributed by atoms with Crippen molar-refractivity contribution in [2.45, 2.75) is 19.4 Å². The van der Waals surface area contributed by atoms with E-state index in [9.17, 15) is 14.4 Å². The van der Waals surface area contributed by atoms with Crippen LogP contribution in [-0.2, 0) is 14.3 Å². The Morgan fingerprint density at radius 2 is 2.11 bits per heavy atom. The highest BCUT2D eigenvalue weighted by Gasteiger charge is 2.25. The SMILES string of the molecule is CCNC(=O)CNC(=O)N1CCOC(CC(=O)O)C1. The minimum Gasteiger partial charge on any atom is -0.481 e. The van der Waals surface area contributed by atoms with Crippen LogP contribution in [0.4, 0.5) is 4.79 Å². The highest BCUT2D eigenvalue weighted by molar-refractivity contribution is 5.84. The lowest BCUT2D eigenvalue weighted by atomic mass is 10.2. The zero-order valence-corrected chi connectivity index (χ0v) is 10.8. The fourth-order valence-electron chi connectivity index (χ4n) is 1.75. The number of nitrogens with one attached hydrogen (secondary N) is 2. The summed E-state index contributed by atoms with van der Waals surface area (Å²) in [4.78, 5) is 35.0. The summed E-state index contributed by atoms with van der Waals surface area (Å²) < 4.78 is 5.25. The van der Waals surface area contributed by atoms with Gasteiger partial charge in [0.15, 0.2) is 0 Å². The van der Waals surface area contributed by atoms with Crippen LogP contribution in [0, 0.1) is 0 Å². The first-order valence-corrected chi connectivity index (χ1v) is 6.15. The molecule has 19 heavy (non-hydrogen) atoms. The second-order valence-corrected chi connectivity index (χ2v) is 4.15. The largest absolute Gasteiger partial charge is 0.481 e. The molecule has 0 aliphatic carbocycles. The van der Waals surface area contributed by atoms with Crippen molar-refractivity contribution in [2.24, 2.45) is 0 Å². The molecule has 1 aliphatic rings. The summed E-state index contributed by atoms with van der Waals surface area (Å²) in [6.45, 7) is 3.11. The third-order valence-electron chi connectivity index (χ3n) is 2.60. The predicted octanol–water partition coefficient (Wildman–Crippen LogP) is -0.992. The average molecular weight is 273 g/mol. The number of hydrogen-bond donors (Lipinski definition) is 3. The first-order chi connectivity index (χ1) is 9.02. The van der Waals surface area contributed by atoms with Crippen LogP contribution < -0.4 is 10.6 Å². The van der Waals surface area contributed by atoms with Gasteiger partial charge in [-0.3, -0.25) is 9.59 Å². The van der Waals surface area contributed by atoms with Crippen molar-refractivity contribution in [3.63, 3.8) is 0 Å². The maximum absolute atomic E-state index is 11.8. The molecule has 1 saturated heterocycles. The number of ether oxygens (including phenoxy) is 1. The number of aliphatic carboxylic acids is 1. The van der Waals surface area contributed by atoms with E-state index >= 15 is 0 Å². The van der Waals surface area contributed by atoms with Crippen LogP contribution in [0.25, 0.3) is 0 Å². The van der Waals surface area contributed by atoms with Gasteiger partial charge in [-0.15, -0.1) is 0 Å². The molecular formula is C11H19N3O5. The lowest BCUT2D eigenvalue weighted by Crippen LogP contribution is -2.51. The molecule has 1 atom stereocenters. The maximum Gasteiger partial charge on any atom is 0.318 e. The molecule has 1 unspecified atom stereocenters. The normalized spacial score (nSPS) is 18.8. The molecule has 8 nitrogen and oxygen atoms in total. The molecule has 0 aromatic rings. The van der Waals surface area contributed by atoms with Gasteiger partial charge in [0.2, 0.25) is 5.91 Å². The summed E-state index contributed by atoms with van der Waals surface area (Å²) in [5, 5.41) is 13.7. The van der Waals surface area contributed by atoms with Crippen molar-refractivity contribution < 1.29 is 24.2 Å². The third kappa shape index (κ3) is 5.56. The minimum atomic E-state index is -0.963. The number of carboxylic acid groups (broad SMARTS) is 1. The zero-order valence-electron chi connectivity index (χ0n) is 10.8. The van der Waals surface area contributed by atoms with Gasteiger partial charge in [-0.2, -0.15) is 0 Å². The first-order valence-electron chi connectivity index (χ1n) is 6.15. The monoisotopic (exact) mass is 273 g/mol. The van der Waals surface area contributed by atoms with Gasteiger partial charge in [-0.25, -0.2) is 4.79 Å². The second-order valence-electron chi connectivity index (χ2n) is 4.15. The van der Waals surface area contributed by atoms with Gasteiger partial charge >= 0.3 is 12.0 Å². The Labute approximate surface area is 111 Å². The summed E-state index contributed by atoms with van der Waals surface area (Å²) in [6, 6.07) is -0.384. The Morgan fingerprint density at radius 1 is 1.37 bits per heavy atom. The number of rotatable bonds is 5. The number of carboxylic acids is 1. The van der Waals surface area contributed by atoms with Gasteiger partial charge in [0, 0.05) is 19.6 Å². The molecule has 1 rings (SSSR count). The van der Waals surface area contributed by atoms with Crippen molar-refractivity contribution in [2.75, 3.05) is 32.8 Å². The van der Waals surface area contributed by atoms with Gasteiger partial charge in [-0.1, -0.05) is 0 Å².